The van der Waals surface area contributed by atoms with E-state index in [2.05, 4.69) is 24.4 Å². The molecule has 0 fully saturated rings. The molecule has 0 radical (unpaired) electrons. The first-order valence-corrected chi connectivity index (χ1v) is 7.84. The number of methoxy groups -OCH3 is 2. The minimum Gasteiger partial charge on any atom is -0.497 e. The lowest BCUT2D eigenvalue weighted by molar-refractivity contribution is 0.340. The second kappa shape index (κ2) is 8.44. The van der Waals surface area contributed by atoms with Gasteiger partial charge in [0.2, 0.25) is 0 Å². The van der Waals surface area contributed by atoms with Crippen LogP contribution in [0.3, 0.4) is 0 Å². The van der Waals surface area contributed by atoms with E-state index in [1.807, 2.05) is 37.3 Å². The lowest BCUT2D eigenvalue weighted by Gasteiger charge is -2.16. The fraction of sp³-hybridized carbons (Fsp3) is 0.368. The molecule has 0 amide bonds. The van der Waals surface area contributed by atoms with Crippen molar-refractivity contribution in [2.24, 2.45) is 0 Å². The highest BCUT2D eigenvalue weighted by atomic mass is 16.5. The summed E-state index contributed by atoms with van der Waals surface area (Å²) in [4.78, 5) is 0. The Bertz CT molecular complexity index is 588. The van der Waals surface area contributed by atoms with Crippen LogP contribution in [0, 0.1) is 0 Å². The van der Waals surface area contributed by atoms with Crippen LogP contribution < -0.4 is 19.5 Å². The lowest BCUT2D eigenvalue weighted by Crippen LogP contribution is -2.18. The number of hydrogen-bond acceptors (Lipinski definition) is 4. The summed E-state index contributed by atoms with van der Waals surface area (Å²) in [5.74, 6) is 2.51. The van der Waals surface area contributed by atoms with Crippen molar-refractivity contribution < 1.29 is 14.2 Å². The van der Waals surface area contributed by atoms with Crippen molar-refractivity contribution in [2.45, 2.75) is 26.4 Å². The molecule has 0 heterocycles. The third-order valence-electron chi connectivity index (χ3n) is 3.71. The highest BCUT2D eigenvalue weighted by Gasteiger charge is 2.07. The van der Waals surface area contributed by atoms with Crippen molar-refractivity contribution in [1.82, 2.24) is 5.32 Å². The molecule has 0 aliphatic heterocycles. The van der Waals surface area contributed by atoms with Gasteiger partial charge in [0.1, 0.15) is 17.2 Å². The first-order chi connectivity index (χ1) is 11.2. The Balaban J connectivity index is 1.99. The highest BCUT2D eigenvalue weighted by Crippen LogP contribution is 2.23. The molecule has 0 aliphatic carbocycles. The summed E-state index contributed by atoms with van der Waals surface area (Å²) in [5, 5.41) is 3.52. The zero-order valence-electron chi connectivity index (χ0n) is 14.3. The standard InChI is InChI=1S/C19H25NO3/c1-5-23-17-8-6-16(7-9-17)14(2)20-13-15-10-18(21-3)12-19(11-15)22-4/h6-12,14,20H,5,13H2,1-4H3. The van der Waals surface area contributed by atoms with Crippen LogP contribution in [0.4, 0.5) is 0 Å². The number of benzene rings is 2. The average Bonchev–Trinajstić information content (AvgIpc) is 2.60. The Labute approximate surface area is 138 Å². The SMILES string of the molecule is CCOc1ccc(C(C)NCc2cc(OC)cc(OC)c2)cc1. The summed E-state index contributed by atoms with van der Waals surface area (Å²) in [6, 6.07) is 14.3. The zero-order valence-corrected chi connectivity index (χ0v) is 14.3. The van der Waals surface area contributed by atoms with E-state index in [0.717, 1.165) is 29.4 Å². The predicted octanol–water partition coefficient (Wildman–Crippen LogP) is 3.95. The predicted molar refractivity (Wildman–Crippen MR) is 92.4 cm³/mol. The quantitative estimate of drug-likeness (QED) is 0.800. The average molecular weight is 315 g/mol. The van der Waals surface area contributed by atoms with Crippen LogP contribution in [-0.2, 0) is 6.54 Å². The van der Waals surface area contributed by atoms with E-state index >= 15 is 0 Å². The van der Waals surface area contributed by atoms with Crippen LogP contribution in [0.2, 0.25) is 0 Å². The van der Waals surface area contributed by atoms with Gasteiger partial charge in [-0.2, -0.15) is 0 Å². The molecule has 4 nitrogen and oxygen atoms in total. The van der Waals surface area contributed by atoms with Crippen molar-refractivity contribution in [3.8, 4) is 17.2 Å². The summed E-state index contributed by atoms with van der Waals surface area (Å²) in [6.45, 7) is 5.56. The van der Waals surface area contributed by atoms with E-state index in [1.165, 1.54) is 5.56 Å². The largest absolute Gasteiger partial charge is 0.497 e. The molecule has 0 aliphatic rings. The van der Waals surface area contributed by atoms with Gasteiger partial charge in [-0.15, -0.1) is 0 Å². The molecule has 0 saturated heterocycles. The fourth-order valence-electron chi connectivity index (χ4n) is 2.38. The number of nitrogens with one attached hydrogen (secondary N) is 1. The van der Waals surface area contributed by atoms with E-state index in [9.17, 15) is 0 Å². The normalized spacial score (nSPS) is 11.8. The van der Waals surface area contributed by atoms with Crippen LogP contribution in [0.15, 0.2) is 42.5 Å². The second-order valence-electron chi connectivity index (χ2n) is 5.33. The monoisotopic (exact) mass is 315 g/mol. The van der Waals surface area contributed by atoms with Gasteiger partial charge in [-0.1, -0.05) is 12.1 Å². The Morgan fingerprint density at radius 3 is 2.04 bits per heavy atom. The van der Waals surface area contributed by atoms with Crippen LogP contribution in [0.1, 0.15) is 31.0 Å². The number of ether oxygens (including phenoxy) is 3. The van der Waals surface area contributed by atoms with Gasteiger partial charge in [0, 0.05) is 18.7 Å². The molecule has 4 heteroatoms. The molecule has 124 valence electrons. The summed E-state index contributed by atoms with van der Waals surface area (Å²) >= 11 is 0. The molecular formula is C19H25NO3. The van der Waals surface area contributed by atoms with Crippen molar-refractivity contribution >= 4 is 0 Å². The van der Waals surface area contributed by atoms with E-state index in [4.69, 9.17) is 14.2 Å². The van der Waals surface area contributed by atoms with Gasteiger partial charge in [0.05, 0.1) is 20.8 Å². The molecule has 1 N–H and O–H groups in total. The van der Waals surface area contributed by atoms with Gasteiger partial charge >= 0.3 is 0 Å². The van der Waals surface area contributed by atoms with Gasteiger partial charge < -0.3 is 19.5 Å². The summed E-state index contributed by atoms with van der Waals surface area (Å²) in [6.07, 6.45) is 0. The molecule has 2 aromatic carbocycles. The maximum absolute atomic E-state index is 5.47. The van der Waals surface area contributed by atoms with Gasteiger partial charge in [-0.25, -0.2) is 0 Å². The third-order valence-corrected chi connectivity index (χ3v) is 3.71. The maximum atomic E-state index is 5.47. The summed E-state index contributed by atoms with van der Waals surface area (Å²) in [7, 11) is 3.32. The number of rotatable bonds is 8. The van der Waals surface area contributed by atoms with Crippen molar-refractivity contribution in [1.29, 1.82) is 0 Å². The smallest absolute Gasteiger partial charge is 0.122 e. The van der Waals surface area contributed by atoms with E-state index in [0.29, 0.717) is 6.61 Å². The van der Waals surface area contributed by atoms with Crippen molar-refractivity contribution in [3.05, 3.63) is 53.6 Å². The van der Waals surface area contributed by atoms with Crippen LogP contribution in [0.5, 0.6) is 17.2 Å². The molecule has 1 unspecified atom stereocenters. The van der Waals surface area contributed by atoms with Gasteiger partial charge in [-0.3, -0.25) is 0 Å². The topological polar surface area (TPSA) is 39.7 Å². The van der Waals surface area contributed by atoms with E-state index in [1.54, 1.807) is 14.2 Å². The zero-order chi connectivity index (χ0) is 16.7. The molecule has 23 heavy (non-hydrogen) atoms. The Morgan fingerprint density at radius 1 is 0.913 bits per heavy atom. The molecule has 0 spiro atoms. The molecule has 2 rings (SSSR count). The number of hydrogen-bond donors (Lipinski definition) is 1. The Kier molecular flexibility index (Phi) is 6.29. The second-order valence-corrected chi connectivity index (χ2v) is 5.33. The lowest BCUT2D eigenvalue weighted by atomic mass is 10.1. The molecule has 2 aromatic rings. The maximum Gasteiger partial charge on any atom is 0.122 e. The molecule has 1 atom stereocenters. The molecule has 0 saturated carbocycles. The minimum atomic E-state index is 0.239. The fourth-order valence-corrected chi connectivity index (χ4v) is 2.38. The van der Waals surface area contributed by atoms with Crippen LogP contribution in [0.25, 0.3) is 0 Å². The minimum absolute atomic E-state index is 0.239. The summed E-state index contributed by atoms with van der Waals surface area (Å²) < 4.78 is 16.1. The third kappa shape index (κ3) is 4.89. The van der Waals surface area contributed by atoms with Gasteiger partial charge in [-0.05, 0) is 49.2 Å². The molecule has 0 bridgehead atoms. The Morgan fingerprint density at radius 2 is 1.52 bits per heavy atom. The first-order valence-electron chi connectivity index (χ1n) is 7.84. The van der Waals surface area contributed by atoms with E-state index in [-0.39, 0.29) is 6.04 Å². The van der Waals surface area contributed by atoms with Crippen LogP contribution in [-0.4, -0.2) is 20.8 Å². The first kappa shape index (κ1) is 17.2. The van der Waals surface area contributed by atoms with Gasteiger partial charge in [0.25, 0.3) is 0 Å². The highest BCUT2D eigenvalue weighted by molar-refractivity contribution is 5.38. The van der Waals surface area contributed by atoms with Gasteiger partial charge in [0.15, 0.2) is 0 Å². The van der Waals surface area contributed by atoms with Crippen molar-refractivity contribution in [3.63, 3.8) is 0 Å². The van der Waals surface area contributed by atoms with Crippen LogP contribution >= 0.6 is 0 Å². The Hall–Kier alpha value is -2.20. The molecule has 0 aromatic heterocycles. The van der Waals surface area contributed by atoms with E-state index < -0.39 is 0 Å². The molecular weight excluding hydrogens is 290 g/mol. The summed E-state index contributed by atoms with van der Waals surface area (Å²) in [5.41, 5.74) is 2.35. The van der Waals surface area contributed by atoms with Crippen molar-refractivity contribution in [2.75, 3.05) is 20.8 Å².